The first-order valence-corrected chi connectivity index (χ1v) is 6.23. The highest BCUT2D eigenvalue weighted by Gasteiger charge is 2.48. The molecule has 1 aromatic heterocycles. The maximum Gasteiger partial charge on any atom is 0.330 e. The number of H-pyrrole nitrogens is 1. The van der Waals surface area contributed by atoms with Crippen LogP contribution in [-0.4, -0.2) is 60.3 Å². The van der Waals surface area contributed by atoms with Gasteiger partial charge in [0.2, 0.25) is 0 Å². The number of nitrogens with one attached hydrogen (secondary N) is 1. The van der Waals surface area contributed by atoms with Gasteiger partial charge in [-0.15, -0.1) is 0 Å². The summed E-state index contributed by atoms with van der Waals surface area (Å²) in [4.78, 5) is 35.9. The molecule has 1 aliphatic heterocycles. The summed E-state index contributed by atoms with van der Waals surface area (Å²) in [5.74, 6) is -1.46. The van der Waals surface area contributed by atoms with E-state index in [4.69, 9.17) is 20.7 Å². The minimum Gasteiger partial charge on any atom is -0.480 e. The molecular formula is C11H15N3O8. The number of aliphatic carboxylic acids is 1. The molecule has 2 rings (SSSR count). The molecule has 1 aliphatic rings. The van der Waals surface area contributed by atoms with Crippen LogP contribution in [-0.2, 0) is 16.1 Å². The molecule has 0 amide bonds. The van der Waals surface area contributed by atoms with E-state index in [9.17, 15) is 24.6 Å². The van der Waals surface area contributed by atoms with E-state index in [1.807, 2.05) is 4.98 Å². The van der Waals surface area contributed by atoms with Crippen molar-refractivity contribution in [2.75, 3.05) is 0 Å². The molecule has 122 valence electrons. The number of nitrogens with two attached hydrogens (primary N) is 1. The summed E-state index contributed by atoms with van der Waals surface area (Å²) in [6.07, 6.45) is -5.25. The van der Waals surface area contributed by atoms with E-state index in [1.165, 1.54) is 0 Å². The fourth-order valence-corrected chi connectivity index (χ4v) is 2.18. The zero-order valence-corrected chi connectivity index (χ0v) is 11.1. The molecule has 2 unspecified atom stereocenters. The van der Waals surface area contributed by atoms with Crippen LogP contribution in [0.5, 0.6) is 0 Å². The third-order valence-corrected chi connectivity index (χ3v) is 3.40. The molecule has 0 aromatic carbocycles. The van der Waals surface area contributed by atoms with Crippen LogP contribution >= 0.6 is 0 Å². The number of hydrogen-bond acceptors (Lipinski definition) is 8. The van der Waals surface area contributed by atoms with Crippen molar-refractivity contribution in [2.45, 2.75) is 37.2 Å². The van der Waals surface area contributed by atoms with E-state index < -0.39 is 54.4 Å². The van der Waals surface area contributed by atoms with Gasteiger partial charge in [-0.25, -0.2) is 4.79 Å². The molecule has 0 saturated carbocycles. The molecule has 0 bridgehead atoms. The van der Waals surface area contributed by atoms with Crippen molar-refractivity contribution in [1.82, 2.24) is 9.55 Å². The van der Waals surface area contributed by atoms with E-state index in [0.29, 0.717) is 0 Å². The van der Waals surface area contributed by atoms with Crippen LogP contribution in [0.2, 0.25) is 0 Å². The first-order valence-electron chi connectivity index (χ1n) is 6.23. The predicted octanol–water partition coefficient (Wildman–Crippen LogP) is -3.94. The predicted molar refractivity (Wildman–Crippen MR) is 68.8 cm³/mol. The Bertz CT molecular complexity index is 683. The highest BCUT2D eigenvalue weighted by molar-refractivity contribution is 5.74. The number of aliphatic hydroxyl groups is 3. The van der Waals surface area contributed by atoms with Gasteiger partial charge in [-0.3, -0.25) is 19.1 Å². The number of aliphatic hydroxyl groups excluding tert-OH is 3. The smallest absolute Gasteiger partial charge is 0.330 e. The summed E-state index contributed by atoms with van der Waals surface area (Å²) < 4.78 is 5.91. The largest absolute Gasteiger partial charge is 0.480 e. The van der Waals surface area contributed by atoms with Gasteiger partial charge in [-0.1, -0.05) is 0 Å². The molecule has 1 saturated heterocycles. The lowest BCUT2D eigenvalue weighted by Crippen LogP contribution is -2.48. The standard InChI is InChI=1S/C11H15N3O8/c12-4(10(19)20)7-5(16)6(17)9(22-7)14-1-3(2-15)8(18)13-11(14)21/h1,4-7,9,15-17H,2,12H2,(H,19,20)(H,13,18,21)/t4-,5-,6+,7?,9?/m0/s1. The molecular weight excluding hydrogens is 302 g/mol. The molecule has 0 spiro atoms. The minimum atomic E-state index is -1.65. The Labute approximate surface area is 122 Å². The van der Waals surface area contributed by atoms with Crippen molar-refractivity contribution in [2.24, 2.45) is 5.73 Å². The Kier molecular flexibility index (Phi) is 4.44. The number of carboxylic acid groups (broad SMARTS) is 1. The van der Waals surface area contributed by atoms with Crippen molar-refractivity contribution in [1.29, 1.82) is 0 Å². The fraction of sp³-hybridized carbons (Fsp3) is 0.545. The van der Waals surface area contributed by atoms with E-state index in [2.05, 4.69) is 0 Å². The number of ether oxygens (including phenoxy) is 1. The first-order chi connectivity index (χ1) is 10.3. The third-order valence-electron chi connectivity index (χ3n) is 3.40. The summed E-state index contributed by atoms with van der Waals surface area (Å²) >= 11 is 0. The number of aromatic nitrogens is 2. The van der Waals surface area contributed by atoms with Crippen LogP contribution in [0.4, 0.5) is 0 Å². The van der Waals surface area contributed by atoms with E-state index in [-0.39, 0.29) is 5.56 Å². The summed E-state index contributed by atoms with van der Waals surface area (Å²) in [5, 5.41) is 37.6. The van der Waals surface area contributed by atoms with E-state index >= 15 is 0 Å². The molecule has 5 atom stereocenters. The molecule has 11 nitrogen and oxygen atoms in total. The van der Waals surface area contributed by atoms with Crippen molar-refractivity contribution in [3.05, 3.63) is 32.6 Å². The topological polar surface area (TPSA) is 188 Å². The molecule has 7 N–H and O–H groups in total. The fourth-order valence-electron chi connectivity index (χ4n) is 2.18. The van der Waals surface area contributed by atoms with Gasteiger partial charge in [-0.05, 0) is 0 Å². The zero-order chi connectivity index (χ0) is 16.6. The molecule has 2 heterocycles. The molecule has 1 aromatic rings. The number of carboxylic acids is 1. The van der Waals surface area contributed by atoms with Crippen molar-refractivity contribution < 1.29 is 30.0 Å². The Morgan fingerprint density at radius 2 is 2.05 bits per heavy atom. The maximum absolute atomic E-state index is 11.8. The average molecular weight is 317 g/mol. The van der Waals surface area contributed by atoms with Gasteiger partial charge in [0.05, 0.1) is 12.2 Å². The summed E-state index contributed by atoms with van der Waals surface area (Å²) in [5.41, 5.74) is 3.42. The van der Waals surface area contributed by atoms with Crippen LogP contribution in [0.15, 0.2) is 15.8 Å². The zero-order valence-electron chi connectivity index (χ0n) is 11.1. The molecule has 0 aliphatic carbocycles. The van der Waals surface area contributed by atoms with Gasteiger partial charge < -0.3 is 30.9 Å². The molecule has 11 heteroatoms. The SMILES string of the molecule is N[C@H](C(=O)O)C1OC(n2cc(CO)c(=O)[nH]c2=O)[C@H](O)[C@@H]1O. The first kappa shape index (κ1) is 16.3. The van der Waals surface area contributed by atoms with Gasteiger partial charge in [-0.2, -0.15) is 0 Å². The second kappa shape index (κ2) is 5.98. The van der Waals surface area contributed by atoms with Crippen molar-refractivity contribution >= 4 is 5.97 Å². The van der Waals surface area contributed by atoms with Crippen LogP contribution in [0.3, 0.4) is 0 Å². The third kappa shape index (κ3) is 2.67. The average Bonchev–Trinajstić information content (AvgIpc) is 2.75. The van der Waals surface area contributed by atoms with Crippen molar-refractivity contribution in [3.8, 4) is 0 Å². The lowest BCUT2D eigenvalue weighted by atomic mass is 10.0. The second-order valence-corrected chi connectivity index (χ2v) is 4.82. The Morgan fingerprint density at radius 1 is 1.41 bits per heavy atom. The minimum absolute atomic E-state index is 0.170. The van der Waals surface area contributed by atoms with Crippen LogP contribution in [0.25, 0.3) is 0 Å². The lowest BCUT2D eigenvalue weighted by molar-refractivity contribution is -0.144. The highest BCUT2D eigenvalue weighted by atomic mass is 16.6. The lowest BCUT2D eigenvalue weighted by Gasteiger charge is -2.18. The molecule has 0 radical (unpaired) electrons. The van der Waals surface area contributed by atoms with Gasteiger partial charge in [0.25, 0.3) is 5.56 Å². The van der Waals surface area contributed by atoms with Crippen LogP contribution < -0.4 is 17.0 Å². The number of rotatable bonds is 4. The van der Waals surface area contributed by atoms with Gasteiger partial charge in [0.1, 0.15) is 24.4 Å². The number of carbonyl (C=O) groups is 1. The molecule has 1 fully saturated rings. The normalized spacial score (nSPS) is 29.5. The van der Waals surface area contributed by atoms with E-state index in [0.717, 1.165) is 10.8 Å². The maximum atomic E-state index is 11.8. The summed E-state index contributed by atoms with van der Waals surface area (Å²) in [6.45, 7) is -0.668. The monoisotopic (exact) mass is 317 g/mol. The summed E-state index contributed by atoms with van der Waals surface area (Å²) in [7, 11) is 0. The van der Waals surface area contributed by atoms with Gasteiger partial charge >= 0.3 is 11.7 Å². The van der Waals surface area contributed by atoms with Crippen molar-refractivity contribution in [3.63, 3.8) is 0 Å². The van der Waals surface area contributed by atoms with Gasteiger partial charge in [0.15, 0.2) is 6.23 Å². The van der Waals surface area contributed by atoms with E-state index in [1.54, 1.807) is 0 Å². The van der Waals surface area contributed by atoms with Crippen LogP contribution in [0.1, 0.15) is 11.8 Å². The Balaban J connectivity index is 2.40. The number of hydrogen-bond donors (Lipinski definition) is 6. The van der Waals surface area contributed by atoms with Crippen LogP contribution in [0, 0.1) is 0 Å². The number of nitrogens with zero attached hydrogens (tertiary/aromatic N) is 1. The second-order valence-electron chi connectivity index (χ2n) is 4.82. The Morgan fingerprint density at radius 3 is 2.59 bits per heavy atom. The highest BCUT2D eigenvalue weighted by Crippen LogP contribution is 2.29. The Hall–Kier alpha value is -2.05. The quantitative estimate of drug-likeness (QED) is 0.322. The van der Waals surface area contributed by atoms with Gasteiger partial charge in [0, 0.05) is 6.20 Å². The summed E-state index contributed by atoms with van der Waals surface area (Å²) in [6, 6.07) is -1.62. The number of aromatic amines is 1. The molecule has 22 heavy (non-hydrogen) atoms.